The van der Waals surface area contributed by atoms with E-state index in [0.29, 0.717) is 18.7 Å². The van der Waals surface area contributed by atoms with Gasteiger partial charge < -0.3 is 10.2 Å². The fourth-order valence-corrected chi connectivity index (χ4v) is 3.48. The Hall–Kier alpha value is -3.15. The predicted octanol–water partition coefficient (Wildman–Crippen LogP) is 2.58. The number of hydrogen-bond donors (Lipinski definition) is 2. The molecule has 0 bridgehead atoms. The van der Waals surface area contributed by atoms with E-state index in [2.05, 4.69) is 15.5 Å². The Morgan fingerprint density at radius 2 is 2.04 bits per heavy atom. The number of rotatable bonds is 3. The number of H-pyrrole nitrogens is 1. The highest BCUT2D eigenvalue weighted by Crippen LogP contribution is 2.25. The molecule has 0 spiro atoms. The van der Waals surface area contributed by atoms with E-state index in [-0.39, 0.29) is 17.9 Å². The summed E-state index contributed by atoms with van der Waals surface area (Å²) in [7, 11) is 0. The van der Waals surface area contributed by atoms with Crippen LogP contribution in [0.15, 0.2) is 48.7 Å². The number of benzene rings is 2. The quantitative estimate of drug-likeness (QED) is 0.764. The van der Waals surface area contributed by atoms with Crippen LogP contribution in [-0.2, 0) is 4.79 Å². The summed E-state index contributed by atoms with van der Waals surface area (Å²) in [5.41, 5.74) is 3.66. The number of hydrogen-bond acceptors (Lipinski definition) is 3. The first-order chi connectivity index (χ1) is 12.6. The van der Waals surface area contributed by atoms with E-state index in [1.54, 1.807) is 11.1 Å². The van der Waals surface area contributed by atoms with Crippen LogP contribution in [0.5, 0.6) is 0 Å². The summed E-state index contributed by atoms with van der Waals surface area (Å²) < 4.78 is 0. The van der Waals surface area contributed by atoms with Crippen molar-refractivity contribution in [3.63, 3.8) is 0 Å². The third-order valence-corrected chi connectivity index (χ3v) is 4.77. The van der Waals surface area contributed by atoms with Gasteiger partial charge in [0, 0.05) is 37.0 Å². The van der Waals surface area contributed by atoms with E-state index in [4.69, 9.17) is 0 Å². The van der Waals surface area contributed by atoms with Gasteiger partial charge in [0.25, 0.3) is 5.91 Å². The average molecular weight is 348 g/mol. The van der Waals surface area contributed by atoms with Crippen molar-refractivity contribution < 1.29 is 9.59 Å². The van der Waals surface area contributed by atoms with E-state index in [0.717, 1.165) is 28.5 Å². The number of aromatic amines is 1. The van der Waals surface area contributed by atoms with Gasteiger partial charge >= 0.3 is 0 Å². The number of likely N-dealkylation sites (tertiary alicyclic amines) is 1. The second-order valence-electron chi connectivity index (χ2n) is 6.69. The largest absolute Gasteiger partial charge is 0.352 e. The Bertz CT molecular complexity index is 979. The van der Waals surface area contributed by atoms with Crippen molar-refractivity contribution in [2.24, 2.45) is 0 Å². The molecule has 2 heterocycles. The second-order valence-corrected chi connectivity index (χ2v) is 6.69. The molecule has 0 saturated carbocycles. The Kier molecular flexibility index (Phi) is 4.16. The zero-order valence-corrected chi connectivity index (χ0v) is 14.5. The summed E-state index contributed by atoms with van der Waals surface area (Å²) in [6, 6.07) is 13.8. The molecule has 2 aromatic carbocycles. The topological polar surface area (TPSA) is 78.1 Å². The normalized spacial score (nSPS) is 16.8. The van der Waals surface area contributed by atoms with Gasteiger partial charge in [-0.25, -0.2) is 0 Å². The summed E-state index contributed by atoms with van der Waals surface area (Å²) in [4.78, 5) is 25.8. The number of aromatic nitrogens is 2. The van der Waals surface area contributed by atoms with Crippen molar-refractivity contribution in [1.29, 1.82) is 0 Å². The van der Waals surface area contributed by atoms with Crippen LogP contribution in [0.4, 0.5) is 0 Å². The van der Waals surface area contributed by atoms with Crippen molar-refractivity contribution >= 4 is 22.7 Å². The zero-order chi connectivity index (χ0) is 18.1. The summed E-state index contributed by atoms with van der Waals surface area (Å²) in [5.74, 6) is -0.0529. The highest BCUT2D eigenvalue weighted by Gasteiger charge is 2.27. The number of carbonyl (C=O) groups is 2. The lowest BCUT2D eigenvalue weighted by atomic mass is 10.0. The Morgan fingerprint density at radius 1 is 1.19 bits per heavy atom. The van der Waals surface area contributed by atoms with Gasteiger partial charge in [0.2, 0.25) is 5.91 Å². The van der Waals surface area contributed by atoms with Gasteiger partial charge in [-0.05, 0) is 35.7 Å². The minimum atomic E-state index is -0.0551. The number of carbonyl (C=O) groups excluding carboxylic acids is 2. The monoisotopic (exact) mass is 348 g/mol. The molecule has 26 heavy (non-hydrogen) atoms. The van der Waals surface area contributed by atoms with E-state index in [9.17, 15) is 9.59 Å². The maximum absolute atomic E-state index is 12.8. The Balaban J connectivity index is 1.55. The van der Waals surface area contributed by atoms with E-state index >= 15 is 0 Å². The van der Waals surface area contributed by atoms with Crippen LogP contribution in [0.1, 0.15) is 23.7 Å². The lowest BCUT2D eigenvalue weighted by Crippen LogP contribution is -2.37. The highest BCUT2D eigenvalue weighted by atomic mass is 16.2. The number of amides is 2. The van der Waals surface area contributed by atoms with Crippen LogP contribution in [0, 0.1) is 0 Å². The molecule has 1 aromatic heterocycles. The number of nitrogens with zero attached hydrogens (tertiary/aromatic N) is 2. The molecule has 4 rings (SSSR count). The lowest BCUT2D eigenvalue weighted by molar-refractivity contribution is -0.119. The first-order valence-electron chi connectivity index (χ1n) is 8.70. The molecule has 3 aromatic rings. The Labute approximate surface area is 151 Å². The molecule has 132 valence electrons. The molecule has 1 fully saturated rings. The van der Waals surface area contributed by atoms with Crippen LogP contribution in [0.3, 0.4) is 0 Å². The van der Waals surface area contributed by atoms with E-state index in [1.807, 2.05) is 42.5 Å². The third kappa shape index (κ3) is 3.18. The van der Waals surface area contributed by atoms with Gasteiger partial charge in [-0.2, -0.15) is 5.10 Å². The van der Waals surface area contributed by atoms with Crippen LogP contribution in [-0.4, -0.2) is 46.0 Å². The smallest absolute Gasteiger partial charge is 0.253 e. The molecule has 2 amide bonds. The van der Waals surface area contributed by atoms with Crippen LogP contribution in [0.25, 0.3) is 22.0 Å². The number of nitrogens with one attached hydrogen (secondary N) is 2. The van der Waals surface area contributed by atoms with E-state index < -0.39 is 0 Å². The first kappa shape index (κ1) is 16.3. The van der Waals surface area contributed by atoms with Crippen molar-refractivity contribution in [1.82, 2.24) is 20.4 Å². The standard InChI is InChI=1S/C20H20N4O2/c1-13(25)22-18-7-8-24(12-18)20(26)16-4-2-3-14(9-16)15-5-6-17-11-21-23-19(17)10-15/h2-6,9-11,18H,7-8,12H2,1H3,(H,21,23)(H,22,25). The van der Waals surface area contributed by atoms with Crippen LogP contribution in [0.2, 0.25) is 0 Å². The van der Waals surface area contributed by atoms with Gasteiger partial charge in [-0.3, -0.25) is 14.7 Å². The summed E-state index contributed by atoms with van der Waals surface area (Å²) in [5, 5.41) is 11.0. The SMILES string of the molecule is CC(=O)NC1CCN(C(=O)c2cccc(-c3ccc4cn[nH]c4c3)c2)C1. The molecule has 1 aliphatic heterocycles. The highest BCUT2D eigenvalue weighted by molar-refractivity contribution is 5.96. The minimum Gasteiger partial charge on any atom is -0.352 e. The van der Waals surface area contributed by atoms with Crippen molar-refractivity contribution in [3.05, 3.63) is 54.2 Å². The zero-order valence-electron chi connectivity index (χ0n) is 14.5. The van der Waals surface area contributed by atoms with Crippen molar-refractivity contribution in [3.8, 4) is 11.1 Å². The van der Waals surface area contributed by atoms with Gasteiger partial charge in [-0.15, -0.1) is 0 Å². The summed E-state index contributed by atoms with van der Waals surface area (Å²) >= 11 is 0. The molecule has 1 unspecified atom stereocenters. The van der Waals surface area contributed by atoms with Gasteiger partial charge in [0.05, 0.1) is 11.7 Å². The van der Waals surface area contributed by atoms with Gasteiger partial charge in [0.15, 0.2) is 0 Å². The predicted molar refractivity (Wildman–Crippen MR) is 99.7 cm³/mol. The summed E-state index contributed by atoms with van der Waals surface area (Å²) in [6.45, 7) is 2.72. The molecule has 1 saturated heterocycles. The molecule has 1 atom stereocenters. The fourth-order valence-electron chi connectivity index (χ4n) is 3.48. The minimum absolute atomic E-state index is 0.00215. The van der Waals surface area contributed by atoms with Gasteiger partial charge in [-0.1, -0.05) is 24.3 Å². The Morgan fingerprint density at radius 3 is 2.88 bits per heavy atom. The molecular weight excluding hydrogens is 328 g/mol. The maximum Gasteiger partial charge on any atom is 0.253 e. The van der Waals surface area contributed by atoms with Crippen LogP contribution >= 0.6 is 0 Å². The maximum atomic E-state index is 12.8. The second kappa shape index (κ2) is 6.63. The first-order valence-corrected chi connectivity index (χ1v) is 8.70. The third-order valence-electron chi connectivity index (χ3n) is 4.77. The molecule has 2 N–H and O–H groups in total. The fraction of sp³-hybridized carbons (Fsp3) is 0.250. The van der Waals surface area contributed by atoms with Crippen molar-refractivity contribution in [2.75, 3.05) is 13.1 Å². The van der Waals surface area contributed by atoms with Crippen LogP contribution < -0.4 is 5.32 Å². The lowest BCUT2D eigenvalue weighted by Gasteiger charge is -2.17. The molecule has 6 heteroatoms. The molecule has 1 aliphatic rings. The number of fused-ring (bicyclic) bond motifs is 1. The molecule has 6 nitrogen and oxygen atoms in total. The average Bonchev–Trinajstić information content (AvgIpc) is 3.29. The van der Waals surface area contributed by atoms with E-state index in [1.165, 1.54) is 6.92 Å². The molecule has 0 radical (unpaired) electrons. The molecular formula is C20H20N4O2. The van der Waals surface area contributed by atoms with Crippen molar-refractivity contribution in [2.45, 2.75) is 19.4 Å². The summed E-state index contributed by atoms with van der Waals surface area (Å²) in [6.07, 6.45) is 2.58. The van der Waals surface area contributed by atoms with Gasteiger partial charge in [0.1, 0.15) is 0 Å². The molecule has 0 aliphatic carbocycles.